The number of fused-ring (bicyclic) bond motifs is 1. The van der Waals surface area contributed by atoms with Crippen molar-refractivity contribution in [1.82, 2.24) is 24.3 Å². The normalized spacial score (nSPS) is 11.9. The van der Waals surface area contributed by atoms with Gasteiger partial charge in [-0.1, -0.05) is 30.8 Å². The fraction of sp³-hybridized carbons (Fsp3) is 0.229. The van der Waals surface area contributed by atoms with Gasteiger partial charge in [-0.15, -0.1) is 0 Å². The molecule has 0 radical (unpaired) electrons. The van der Waals surface area contributed by atoms with Crippen molar-refractivity contribution in [3.63, 3.8) is 0 Å². The number of aromatic nitrogens is 3. The predicted octanol–water partition coefficient (Wildman–Crippen LogP) is 5.89. The third-order valence-electron chi connectivity index (χ3n) is 8.03. The quantitative estimate of drug-likeness (QED) is 0.223. The molecule has 1 atom stereocenters. The van der Waals surface area contributed by atoms with Crippen molar-refractivity contribution < 1.29 is 9.18 Å². The first-order chi connectivity index (χ1) is 21.0. The maximum absolute atomic E-state index is 14.1. The van der Waals surface area contributed by atoms with Crippen LogP contribution in [0.5, 0.6) is 0 Å². The van der Waals surface area contributed by atoms with Gasteiger partial charge in [0.05, 0.1) is 24.0 Å². The second-order valence-electron chi connectivity index (χ2n) is 11.2. The Bertz CT molecular complexity index is 1960. The van der Waals surface area contributed by atoms with E-state index in [1.54, 1.807) is 43.1 Å². The number of amides is 1. The highest BCUT2D eigenvalue weighted by Crippen LogP contribution is 2.28. The van der Waals surface area contributed by atoms with Gasteiger partial charge in [-0.25, -0.2) is 9.37 Å². The average Bonchev–Trinajstić information content (AvgIpc) is 3.34. The highest BCUT2D eigenvalue weighted by molar-refractivity contribution is 5.97. The summed E-state index contributed by atoms with van der Waals surface area (Å²) in [5.74, 6) is -0.243. The van der Waals surface area contributed by atoms with Gasteiger partial charge in [-0.05, 0) is 80.9 Å². The summed E-state index contributed by atoms with van der Waals surface area (Å²) in [5, 5.41) is 7.05. The zero-order chi connectivity index (χ0) is 31.7. The molecule has 0 aliphatic heterocycles. The van der Waals surface area contributed by atoms with E-state index in [0.29, 0.717) is 17.0 Å². The molecular formula is C35H37FN6O2. The summed E-state index contributed by atoms with van der Waals surface area (Å²) in [6.07, 6.45) is 3.65. The summed E-state index contributed by atoms with van der Waals surface area (Å²) in [7, 11) is 5.24. The lowest BCUT2D eigenvalue weighted by Gasteiger charge is -2.20. The van der Waals surface area contributed by atoms with E-state index in [1.807, 2.05) is 75.0 Å². The van der Waals surface area contributed by atoms with Gasteiger partial charge >= 0.3 is 0 Å². The van der Waals surface area contributed by atoms with Crippen LogP contribution in [0.25, 0.3) is 27.8 Å². The highest BCUT2D eigenvalue weighted by Gasteiger charge is 2.20. The molecule has 0 aliphatic carbocycles. The Morgan fingerprint density at radius 2 is 1.84 bits per heavy atom. The summed E-state index contributed by atoms with van der Waals surface area (Å²) < 4.78 is 17.7. The number of hydrogen-bond acceptors (Lipinski definition) is 5. The number of halogens is 1. The maximum atomic E-state index is 14.1. The number of likely N-dealkylation sites (N-methyl/N-ethyl adjacent to an activating group) is 1. The molecule has 5 rings (SSSR count). The average molecular weight is 593 g/mol. The van der Waals surface area contributed by atoms with E-state index in [0.717, 1.165) is 38.8 Å². The minimum atomic E-state index is -0.321. The highest BCUT2D eigenvalue weighted by atomic mass is 19.1. The molecule has 8 nitrogen and oxygen atoms in total. The summed E-state index contributed by atoms with van der Waals surface area (Å²) in [4.78, 5) is 33.1. The Morgan fingerprint density at radius 1 is 1.09 bits per heavy atom. The fourth-order valence-corrected chi connectivity index (χ4v) is 5.33. The number of carbonyl (C=O) groups is 1. The van der Waals surface area contributed by atoms with Crippen LogP contribution in [0.1, 0.15) is 34.0 Å². The lowest BCUT2D eigenvalue weighted by molar-refractivity contribution is 0.0827. The predicted molar refractivity (Wildman–Crippen MR) is 175 cm³/mol. The Balaban J connectivity index is 1.64. The van der Waals surface area contributed by atoms with Crippen LogP contribution in [-0.2, 0) is 6.54 Å². The summed E-state index contributed by atoms with van der Waals surface area (Å²) >= 11 is 0. The van der Waals surface area contributed by atoms with Crippen LogP contribution in [0.2, 0.25) is 0 Å². The molecule has 0 bridgehead atoms. The molecule has 44 heavy (non-hydrogen) atoms. The van der Waals surface area contributed by atoms with Crippen molar-refractivity contribution >= 4 is 22.6 Å². The Kier molecular flexibility index (Phi) is 8.51. The Morgan fingerprint density at radius 3 is 2.57 bits per heavy atom. The first-order valence-electron chi connectivity index (χ1n) is 14.4. The lowest BCUT2D eigenvalue weighted by Crippen LogP contribution is -2.31. The van der Waals surface area contributed by atoms with Gasteiger partial charge in [0.2, 0.25) is 0 Å². The summed E-state index contributed by atoms with van der Waals surface area (Å²) in [6, 6.07) is 18.1. The third kappa shape index (κ3) is 5.78. The number of hydrogen-bond donors (Lipinski definition) is 2. The number of aryl methyl sites for hydroxylation is 1. The molecule has 0 unspecified atom stereocenters. The molecule has 2 aromatic heterocycles. The topological polar surface area (TPSA) is 84.2 Å². The number of carbonyl (C=O) groups excluding carboxylic acids is 1. The smallest absolute Gasteiger partial charge is 0.294 e. The molecule has 0 saturated carbocycles. The van der Waals surface area contributed by atoms with Crippen LogP contribution < -0.4 is 16.2 Å². The van der Waals surface area contributed by atoms with Crippen molar-refractivity contribution in [2.45, 2.75) is 33.4 Å². The zero-order valence-electron chi connectivity index (χ0n) is 25.9. The van der Waals surface area contributed by atoms with Crippen molar-refractivity contribution in [2.75, 3.05) is 26.5 Å². The Labute approximate surface area is 256 Å². The summed E-state index contributed by atoms with van der Waals surface area (Å²) in [6.45, 7) is 10.1. The van der Waals surface area contributed by atoms with Crippen molar-refractivity contribution in [3.8, 4) is 16.9 Å². The Hall–Kier alpha value is -5.02. The molecule has 3 aromatic carbocycles. The molecule has 226 valence electrons. The van der Waals surface area contributed by atoms with Crippen LogP contribution in [-0.4, -0.2) is 52.1 Å². The van der Waals surface area contributed by atoms with Crippen LogP contribution in [0.4, 0.5) is 10.2 Å². The molecule has 5 aromatic rings. The van der Waals surface area contributed by atoms with Crippen LogP contribution in [0, 0.1) is 19.7 Å². The van der Waals surface area contributed by atoms with Gasteiger partial charge in [0.15, 0.2) is 5.82 Å². The molecule has 2 heterocycles. The van der Waals surface area contributed by atoms with E-state index in [-0.39, 0.29) is 35.7 Å². The molecular weight excluding hydrogens is 555 g/mol. The maximum Gasteiger partial charge on any atom is 0.294 e. The number of nitrogens with zero attached hydrogens (tertiary/aromatic N) is 4. The fourth-order valence-electron chi connectivity index (χ4n) is 5.33. The molecule has 9 heteroatoms. The van der Waals surface area contributed by atoms with E-state index >= 15 is 0 Å². The summed E-state index contributed by atoms with van der Waals surface area (Å²) in [5.41, 5.74) is 6.55. The van der Waals surface area contributed by atoms with Crippen LogP contribution in [0.3, 0.4) is 0 Å². The standard InChI is InChI=1S/C35H37FN6O2/c1-21-19-41(31-15-14-26(36)17-30(21)31)27-11-8-10-25(16-27)20-42-32(18-38-33(35(42)44)39-24(4)23(3)37-5)28-12-9-13-29(22(28)2)34(43)40(6)7/h8-19,23,37H,4,20H2,1-3,5-7H3,(H,38,39)/t23-/m0/s1. The molecule has 0 fully saturated rings. The van der Waals surface area contributed by atoms with Gasteiger partial charge < -0.3 is 20.1 Å². The van der Waals surface area contributed by atoms with E-state index in [1.165, 1.54) is 11.0 Å². The molecule has 1 amide bonds. The number of benzene rings is 3. The third-order valence-corrected chi connectivity index (χ3v) is 8.03. The van der Waals surface area contributed by atoms with Gasteiger partial charge in [0, 0.05) is 54.2 Å². The van der Waals surface area contributed by atoms with E-state index < -0.39 is 0 Å². The first kappa shape index (κ1) is 30.4. The van der Waals surface area contributed by atoms with Crippen LogP contribution in [0.15, 0.2) is 90.1 Å². The largest absolute Gasteiger partial charge is 0.345 e. The van der Waals surface area contributed by atoms with Gasteiger partial charge in [-0.2, -0.15) is 0 Å². The minimum absolute atomic E-state index is 0.0923. The van der Waals surface area contributed by atoms with Crippen molar-refractivity contribution in [1.29, 1.82) is 0 Å². The van der Waals surface area contributed by atoms with Crippen molar-refractivity contribution in [3.05, 3.63) is 124 Å². The van der Waals surface area contributed by atoms with Crippen molar-refractivity contribution in [2.24, 2.45) is 0 Å². The van der Waals surface area contributed by atoms with E-state index in [9.17, 15) is 14.0 Å². The van der Waals surface area contributed by atoms with Gasteiger partial charge in [0.1, 0.15) is 5.82 Å². The van der Waals surface area contributed by atoms with Gasteiger partial charge in [-0.3, -0.25) is 14.2 Å². The SMILES string of the molecule is C=C(Nc1ncc(-c2cccc(C(=O)N(C)C)c2C)n(Cc2cccc(-n3cc(C)c4cc(F)ccc43)c2)c1=O)[C@H](C)NC. The van der Waals surface area contributed by atoms with E-state index in [2.05, 4.69) is 22.2 Å². The second-order valence-corrected chi connectivity index (χ2v) is 11.2. The second kappa shape index (κ2) is 12.3. The number of rotatable bonds is 9. The zero-order valence-corrected chi connectivity index (χ0v) is 25.9. The molecule has 0 aliphatic rings. The number of nitrogens with one attached hydrogen (secondary N) is 2. The lowest BCUT2D eigenvalue weighted by atomic mass is 9.99. The molecule has 2 N–H and O–H groups in total. The van der Waals surface area contributed by atoms with E-state index in [4.69, 9.17) is 0 Å². The first-order valence-corrected chi connectivity index (χ1v) is 14.4. The van der Waals surface area contributed by atoms with Crippen LogP contribution >= 0.6 is 0 Å². The number of anilines is 1. The van der Waals surface area contributed by atoms with Gasteiger partial charge in [0.25, 0.3) is 11.5 Å². The minimum Gasteiger partial charge on any atom is -0.345 e. The monoisotopic (exact) mass is 592 g/mol. The molecule has 0 saturated heterocycles. The molecule has 0 spiro atoms.